The van der Waals surface area contributed by atoms with Crippen molar-refractivity contribution in [3.63, 3.8) is 0 Å². The van der Waals surface area contributed by atoms with E-state index >= 15 is 0 Å². The number of phenols is 1. The molecule has 0 aliphatic rings. The van der Waals surface area contributed by atoms with Crippen LogP contribution < -0.4 is 15.0 Å². The molecule has 7 heteroatoms. The molecule has 0 saturated carbocycles. The molecule has 27 heavy (non-hydrogen) atoms. The van der Waals surface area contributed by atoms with Crippen molar-refractivity contribution in [2.45, 2.75) is 12.8 Å². The van der Waals surface area contributed by atoms with Crippen LogP contribution in [0, 0.1) is 0 Å². The normalized spacial score (nSPS) is 10.4. The van der Waals surface area contributed by atoms with Crippen LogP contribution in [-0.2, 0) is 6.42 Å². The zero-order valence-corrected chi connectivity index (χ0v) is 16.5. The molecule has 0 aliphatic carbocycles. The molecule has 0 unspecified atom stereocenters. The van der Waals surface area contributed by atoms with Crippen molar-refractivity contribution in [1.82, 2.24) is 5.32 Å². The Bertz CT molecular complexity index is 687. The lowest BCUT2D eigenvalue weighted by Crippen LogP contribution is -2.28. The number of hydrogen-bond donors (Lipinski definition) is 2. The summed E-state index contributed by atoms with van der Waals surface area (Å²) in [6, 6.07) is 14.3. The molecular weight excluding hydrogens is 387 g/mol. The van der Waals surface area contributed by atoms with Crippen molar-refractivity contribution in [2.75, 3.05) is 36.3 Å². The topological polar surface area (TPSA) is 61.8 Å². The fourth-order valence-corrected chi connectivity index (χ4v) is 3.00. The lowest BCUT2D eigenvalue weighted by atomic mass is 10.1. The second-order valence-electron chi connectivity index (χ2n) is 5.95. The van der Waals surface area contributed by atoms with Crippen molar-refractivity contribution >= 4 is 35.0 Å². The van der Waals surface area contributed by atoms with Gasteiger partial charge in [-0.15, -0.1) is 23.2 Å². The number of hydrogen-bond acceptors (Lipinski definition) is 4. The molecule has 0 fully saturated rings. The van der Waals surface area contributed by atoms with Crippen molar-refractivity contribution in [3.8, 4) is 11.5 Å². The van der Waals surface area contributed by atoms with E-state index in [9.17, 15) is 9.90 Å². The fraction of sp³-hybridized carbons (Fsp3) is 0.350. The highest BCUT2D eigenvalue weighted by atomic mass is 35.5. The SMILES string of the molecule is O=C(NCCCc1ccc(O)cc1)Oc1ccc(N(CCCl)CCCl)cc1. The van der Waals surface area contributed by atoms with E-state index < -0.39 is 6.09 Å². The Morgan fingerprint density at radius 1 is 1.00 bits per heavy atom. The van der Waals surface area contributed by atoms with Crippen LogP contribution >= 0.6 is 23.2 Å². The van der Waals surface area contributed by atoms with Crippen LogP contribution in [0.5, 0.6) is 11.5 Å². The number of nitrogens with zero attached hydrogens (tertiary/aromatic N) is 1. The summed E-state index contributed by atoms with van der Waals surface area (Å²) in [6.45, 7) is 1.92. The molecule has 0 aromatic heterocycles. The minimum absolute atomic E-state index is 0.250. The largest absolute Gasteiger partial charge is 0.508 e. The summed E-state index contributed by atoms with van der Waals surface area (Å²) in [6.07, 6.45) is 1.11. The zero-order chi connectivity index (χ0) is 19.5. The molecule has 0 spiro atoms. The molecule has 2 N–H and O–H groups in total. The van der Waals surface area contributed by atoms with E-state index in [0.29, 0.717) is 37.1 Å². The predicted molar refractivity (Wildman–Crippen MR) is 111 cm³/mol. The van der Waals surface area contributed by atoms with Crippen LogP contribution in [0.3, 0.4) is 0 Å². The molecule has 5 nitrogen and oxygen atoms in total. The van der Waals surface area contributed by atoms with Gasteiger partial charge in [-0.25, -0.2) is 4.79 Å². The van der Waals surface area contributed by atoms with E-state index in [0.717, 1.165) is 24.1 Å². The van der Waals surface area contributed by atoms with Gasteiger partial charge in [0.25, 0.3) is 0 Å². The number of rotatable bonds is 10. The van der Waals surface area contributed by atoms with Gasteiger partial charge in [0.2, 0.25) is 0 Å². The highest BCUT2D eigenvalue weighted by Crippen LogP contribution is 2.20. The molecule has 0 bridgehead atoms. The summed E-state index contributed by atoms with van der Waals surface area (Å²) in [5, 5.41) is 12.0. The molecule has 2 aromatic carbocycles. The number of anilines is 1. The van der Waals surface area contributed by atoms with Crippen LogP contribution in [0.4, 0.5) is 10.5 Å². The summed E-state index contributed by atoms with van der Waals surface area (Å²) < 4.78 is 5.28. The highest BCUT2D eigenvalue weighted by Gasteiger charge is 2.07. The molecule has 0 saturated heterocycles. The van der Waals surface area contributed by atoms with Crippen LogP contribution in [0.25, 0.3) is 0 Å². The lowest BCUT2D eigenvalue weighted by molar-refractivity contribution is 0.200. The summed E-state index contributed by atoms with van der Waals surface area (Å²) in [5.74, 6) is 1.76. The van der Waals surface area contributed by atoms with E-state index in [1.807, 2.05) is 24.3 Å². The van der Waals surface area contributed by atoms with E-state index in [-0.39, 0.29) is 5.75 Å². The smallest absolute Gasteiger partial charge is 0.412 e. The third kappa shape index (κ3) is 7.57. The monoisotopic (exact) mass is 410 g/mol. The van der Waals surface area contributed by atoms with Crippen molar-refractivity contribution in [2.24, 2.45) is 0 Å². The van der Waals surface area contributed by atoms with Gasteiger partial charge in [-0.3, -0.25) is 0 Å². The van der Waals surface area contributed by atoms with Crippen molar-refractivity contribution in [1.29, 1.82) is 0 Å². The average Bonchev–Trinajstić information content (AvgIpc) is 2.67. The van der Waals surface area contributed by atoms with E-state index in [1.54, 1.807) is 24.3 Å². The molecule has 2 aromatic rings. The van der Waals surface area contributed by atoms with E-state index in [1.165, 1.54) is 0 Å². The highest BCUT2D eigenvalue weighted by molar-refractivity contribution is 6.18. The Morgan fingerprint density at radius 3 is 2.22 bits per heavy atom. The lowest BCUT2D eigenvalue weighted by Gasteiger charge is -2.22. The first-order valence-corrected chi connectivity index (χ1v) is 9.90. The second kappa shape index (κ2) is 11.6. The minimum Gasteiger partial charge on any atom is -0.508 e. The number of carbonyl (C=O) groups excluding carboxylic acids is 1. The number of halogens is 2. The zero-order valence-electron chi connectivity index (χ0n) is 15.0. The number of amides is 1. The number of carbonyl (C=O) groups is 1. The van der Waals surface area contributed by atoms with E-state index in [4.69, 9.17) is 27.9 Å². The molecule has 0 atom stereocenters. The van der Waals surface area contributed by atoms with Crippen LogP contribution in [0.2, 0.25) is 0 Å². The van der Waals surface area contributed by atoms with Gasteiger partial charge in [0.1, 0.15) is 11.5 Å². The van der Waals surface area contributed by atoms with Gasteiger partial charge >= 0.3 is 6.09 Å². The van der Waals surface area contributed by atoms with Gasteiger partial charge in [0.05, 0.1) is 0 Å². The molecule has 0 radical (unpaired) electrons. The Labute approximate surface area is 169 Å². The molecule has 2 rings (SSSR count). The number of phenolic OH excluding ortho intramolecular Hbond substituents is 1. The van der Waals surface area contributed by atoms with Crippen molar-refractivity contribution < 1.29 is 14.6 Å². The minimum atomic E-state index is -0.480. The van der Waals surface area contributed by atoms with Crippen molar-refractivity contribution in [3.05, 3.63) is 54.1 Å². The number of ether oxygens (including phenoxy) is 1. The van der Waals surface area contributed by atoms with Gasteiger partial charge in [0, 0.05) is 37.1 Å². The second-order valence-corrected chi connectivity index (χ2v) is 6.70. The molecule has 146 valence electrons. The van der Waals surface area contributed by atoms with Gasteiger partial charge in [0.15, 0.2) is 0 Å². The standard InChI is InChI=1S/C20H24Cl2N2O3/c21-11-14-24(15-12-22)17-5-9-19(10-6-17)27-20(26)23-13-1-2-16-3-7-18(25)8-4-16/h3-10,25H,1-2,11-15H2,(H,23,26). The van der Waals surface area contributed by atoms with Gasteiger partial charge in [-0.05, 0) is 54.8 Å². The number of nitrogens with one attached hydrogen (secondary N) is 1. The maximum atomic E-state index is 11.9. The van der Waals surface area contributed by atoms with Crippen LogP contribution in [0.15, 0.2) is 48.5 Å². The molecule has 0 heterocycles. The van der Waals surface area contributed by atoms with E-state index in [2.05, 4.69) is 10.2 Å². The number of alkyl halides is 2. The average molecular weight is 411 g/mol. The summed E-state index contributed by atoms with van der Waals surface area (Å²) >= 11 is 11.6. The summed E-state index contributed by atoms with van der Waals surface area (Å²) in [7, 11) is 0. The summed E-state index contributed by atoms with van der Waals surface area (Å²) in [4.78, 5) is 14.0. The Kier molecular flexibility index (Phi) is 9.08. The number of aromatic hydroxyl groups is 1. The van der Waals surface area contributed by atoms with Gasteiger partial charge in [-0.1, -0.05) is 12.1 Å². The number of aryl methyl sites for hydroxylation is 1. The molecular formula is C20H24Cl2N2O3. The quantitative estimate of drug-likeness (QED) is 0.450. The Balaban J connectivity index is 1.74. The maximum Gasteiger partial charge on any atom is 0.412 e. The predicted octanol–water partition coefficient (Wildman–Crippen LogP) is 4.40. The molecule has 1 amide bonds. The Morgan fingerprint density at radius 2 is 1.63 bits per heavy atom. The fourth-order valence-electron chi connectivity index (χ4n) is 2.59. The maximum absolute atomic E-state index is 11.9. The third-order valence-corrected chi connectivity index (χ3v) is 4.31. The van der Waals surface area contributed by atoms with Crippen LogP contribution in [-0.4, -0.2) is 42.6 Å². The first-order chi connectivity index (χ1) is 13.1. The van der Waals surface area contributed by atoms with Gasteiger partial charge < -0.3 is 20.1 Å². The number of benzene rings is 2. The third-order valence-electron chi connectivity index (χ3n) is 3.97. The van der Waals surface area contributed by atoms with Crippen LogP contribution in [0.1, 0.15) is 12.0 Å². The molecule has 0 aliphatic heterocycles. The first-order valence-electron chi connectivity index (χ1n) is 8.83. The first kappa shape index (κ1) is 21.2. The summed E-state index contributed by atoms with van der Waals surface area (Å²) in [5.41, 5.74) is 2.09. The van der Waals surface area contributed by atoms with Gasteiger partial charge in [-0.2, -0.15) is 0 Å². The Hall–Kier alpha value is -2.11.